The lowest BCUT2D eigenvalue weighted by Gasteiger charge is -2.41. The predicted octanol–water partition coefficient (Wildman–Crippen LogP) is 4.65. The van der Waals surface area contributed by atoms with Crippen LogP contribution in [-0.2, 0) is 19.1 Å². The number of rotatable bonds is 4. The molecule has 2 aromatic carbocycles. The van der Waals surface area contributed by atoms with Gasteiger partial charge in [0.1, 0.15) is 4.91 Å². The molecule has 0 aromatic heterocycles. The summed E-state index contributed by atoms with van der Waals surface area (Å²) in [6.45, 7) is 1.84. The molecule has 160 valence electrons. The predicted molar refractivity (Wildman–Crippen MR) is 125 cm³/mol. The summed E-state index contributed by atoms with van der Waals surface area (Å²) >= 11 is 8.71. The summed E-state index contributed by atoms with van der Waals surface area (Å²) in [5, 5.41) is 6.94. The smallest absolute Gasteiger partial charge is 0.365 e. The Labute approximate surface area is 193 Å². The van der Waals surface area contributed by atoms with Gasteiger partial charge in [0.05, 0.1) is 19.9 Å². The van der Waals surface area contributed by atoms with Crippen LogP contribution in [0.2, 0.25) is 5.02 Å². The second-order valence-electron chi connectivity index (χ2n) is 6.52. The first-order valence-electron chi connectivity index (χ1n) is 9.16. The van der Waals surface area contributed by atoms with Gasteiger partial charge in [-0.2, -0.15) is 5.10 Å². The molecule has 0 aliphatic carbocycles. The minimum Gasteiger partial charge on any atom is -0.465 e. The Hall–Kier alpha value is -2.62. The molecule has 0 saturated carbocycles. The van der Waals surface area contributed by atoms with E-state index in [2.05, 4.69) is 5.10 Å². The van der Waals surface area contributed by atoms with Gasteiger partial charge in [-0.3, -0.25) is 0 Å². The second-order valence-corrected chi connectivity index (χ2v) is 9.55. The number of carbonyl (C=O) groups is 2. The fourth-order valence-electron chi connectivity index (χ4n) is 3.33. The lowest BCUT2D eigenvalue weighted by molar-refractivity contribution is -0.135. The van der Waals surface area contributed by atoms with Crippen LogP contribution in [0.1, 0.15) is 6.92 Å². The van der Waals surface area contributed by atoms with Crippen LogP contribution < -0.4 is 9.91 Å². The van der Waals surface area contributed by atoms with Crippen LogP contribution >= 0.6 is 35.1 Å². The lowest BCUT2D eigenvalue weighted by Crippen LogP contribution is -2.49. The van der Waals surface area contributed by atoms with Crippen molar-refractivity contribution in [3.8, 4) is 0 Å². The quantitative estimate of drug-likeness (QED) is 0.592. The van der Waals surface area contributed by atoms with Crippen molar-refractivity contribution in [3.05, 3.63) is 70.2 Å². The van der Waals surface area contributed by atoms with E-state index in [0.717, 1.165) is 5.69 Å². The highest BCUT2D eigenvalue weighted by molar-refractivity contribution is 8.29. The normalized spacial score (nSPS) is 20.3. The molecule has 10 heteroatoms. The van der Waals surface area contributed by atoms with Gasteiger partial charge in [-0.1, -0.05) is 47.6 Å². The Kier molecular flexibility index (Phi) is 5.92. The van der Waals surface area contributed by atoms with E-state index in [1.54, 1.807) is 23.2 Å². The van der Waals surface area contributed by atoms with Crippen molar-refractivity contribution in [2.75, 3.05) is 24.1 Å². The first-order chi connectivity index (χ1) is 14.9. The van der Waals surface area contributed by atoms with E-state index in [1.807, 2.05) is 48.2 Å². The van der Waals surface area contributed by atoms with E-state index in [1.165, 1.54) is 37.7 Å². The number of hydrogen-bond acceptors (Lipinski definition) is 9. The molecular formula is C21H18ClN3O4S2. The van der Waals surface area contributed by atoms with Gasteiger partial charge in [0.2, 0.25) is 9.37 Å². The number of hydrazone groups is 1. The average molecular weight is 476 g/mol. The van der Waals surface area contributed by atoms with Crippen LogP contribution in [0, 0.1) is 0 Å². The molecule has 0 saturated heterocycles. The summed E-state index contributed by atoms with van der Waals surface area (Å²) < 4.78 is 8.92. The number of hydrogen-bond donors (Lipinski definition) is 0. The highest BCUT2D eigenvalue weighted by atomic mass is 35.5. The second kappa shape index (κ2) is 8.49. The Morgan fingerprint density at radius 1 is 0.968 bits per heavy atom. The van der Waals surface area contributed by atoms with Crippen molar-refractivity contribution in [3.63, 3.8) is 0 Å². The molecule has 1 spiro atoms. The number of anilines is 2. The molecule has 0 amide bonds. The number of allylic oxidation sites excluding steroid dienone is 1. The van der Waals surface area contributed by atoms with Gasteiger partial charge in [-0.25, -0.2) is 14.6 Å². The number of benzene rings is 2. The molecular weight excluding hydrogens is 458 g/mol. The fraction of sp³-hybridized carbons (Fsp3) is 0.190. The molecule has 2 aliphatic heterocycles. The molecule has 0 radical (unpaired) electrons. The zero-order chi connectivity index (χ0) is 22.2. The molecule has 1 atom stereocenters. The number of esters is 2. The first kappa shape index (κ1) is 21.6. The van der Waals surface area contributed by atoms with Gasteiger partial charge in [0.25, 0.3) is 0 Å². The molecule has 2 aromatic rings. The van der Waals surface area contributed by atoms with Crippen LogP contribution in [0.15, 0.2) is 70.3 Å². The Morgan fingerprint density at radius 2 is 1.65 bits per heavy atom. The molecule has 31 heavy (non-hydrogen) atoms. The van der Waals surface area contributed by atoms with E-state index in [4.69, 9.17) is 21.1 Å². The van der Waals surface area contributed by atoms with Crippen molar-refractivity contribution in [1.82, 2.24) is 0 Å². The molecule has 2 aliphatic rings. The lowest BCUT2D eigenvalue weighted by atomic mass is 10.2. The first-order valence-corrected chi connectivity index (χ1v) is 11.2. The SMILES string of the molecule is COC(=O)C1=NN(c2cccc(Cl)c2)[C@@]2(S1)SC(C(=O)OC)=C(C)N2c1ccccc1. The van der Waals surface area contributed by atoms with E-state index >= 15 is 0 Å². The topological polar surface area (TPSA) is 71.4 Å². The minimum absolute atomic E-state index is 0.162. The number of thioether (sulfide) groups is 2. The van der Waals surface area contributed by atoms with Crippen LogP contribution in [-0.4, -0.2) is 35.5 Å². The molecule has 7 nitrogen and oxygen atoms in total. The highest BCUT2D eigenvalue weighted by Crippen LogP contribution is 2.60. The number of ether oxygens (including phenoxy) is 2. The third-order valence-electron chi connectivity index (χ3n) is 4.67. The summed E-state index contributed by atoms with van der Waals surface area (Å²) in [5.74, 6) is -1.02. The number of halogens is 1. The zero-order valence-electron chi connectivity index (χ0n) is 16.9. The van der Waals surface area contributed by atoms with Crippen LogP contribution in [0.25, 0.3) is 0 Å². The fourth-order valence-corrected chi connectivity index (χ4v) is 6.51. The van der Waals surface area contributed by atoms with Crippen LogP contribution in [0.3, 0.4) is 0 Å². The zero-order valence-corrected chi connectivity index (χ0v) is 19.3. The summed E-state index contributed by atoms with van der Waals surface area (Å²) in [5.41, 5.74) is 2.17. The Balaban J connectivity index is 1.92. The maximum Gasteiger partial charge on any atom is 0.365 e. The van der Waals surface area contributed by atoms with E-state index < -0.39 is 16.3 Å². The summed E-state index contributed by atoms with van der Waals surface area (Å²) in [4.78, 5) is 27.4. The standard InChI is InChI=1S/C21H18ClN3O4S2/c1-13-17(19(26)28-2)30-21(24(13)15-9-5-4-6-10-15)25(16-11-7-8-14(22)12-16)23-18(31-21)20(27)29-3/h4-12H,1-3H3/t21-/m1/s1. The number of methoxy groups -OCH3 is 2. The van der Waals surface area contributed by atoms with Crippen molar-refractivity contribution in [2.45, 2.75) is 11.3 Å². The Bertz CT molecular complexity index is 1110. The van der Waals surface area contributed by atoms with Gasteiger partial charge < -0.3 is 14.4 Å². The molecule has 4 rings (SSSR count). The molecule has 0 unspecified atom stereocenters. The summed E-state index contributed by atoms with van der Waals surface area (Å²) in [7, 11) is 2.65. The van der Waals surface area contributed by atoms with Crippen molar-refractivity contribution in [2.24, 2.45) is 5.10 Å². The summed E-state index contributed by atoms with van der Waals surface area (Å²) in [6, 6.07) is 16.7. The molecule has 0 fully saturated rings. The van der Waals surface area contributed by atoms with Gasteiger partial charge in [0, 0.05) is 16.4 Å². The molecule has 2 heterocycles. The third kappa shape index (κ3) is 3.66. The largest absolute Gasteiger partial charge is 0.465 e. The van der Waals surface area contributed by atoms with Gasteiger partial charge >= 0.3 is 11.9 Å². The monoisotopic (exact) mass is 475 g/mol. The Morgan fingerprint density at radius 3 is 2.29 bits per heavy atom. The van der Waals surface area contributed by atoms with Gasteiger partial charge in [0.15, 0.2) is 0 Å². The van der Waals surface area contributed by atoms with Gasteiger partial charge in [-0.05, 0) is 49.0 Å². The highest BCUT2D eigenvalue weighted by Gasteiger charge is 2.58. The van der Waals surface area contributed by atoms with Crippen molar-refractivity contribution in [1.29, 1.82) is 0 Å². The number of nitrogens with zero attached hydrogens (tertiary/aromatic N) is 3. The number of para-hydroxylation sites is 1. The molecule has 0 bridgehead atoms. The summed E-state index contributed by atoms with van der Waals surface area (Å²) in [6.07, 6.45) is 0. The van der Waals surface area contributed by atoms with Crippen LogP contribution in [0.5, 0.6) is 0 Å². The van der Waals surface area contributed by atoms with Crippen LogP contribution in [0.4, 0.5) is 11.4 Å². The maximum atomic E-state index is 12.6. The van der Waals surface area contributed by atoms with E-state index in [-0.39, 0.29) is 5.04 Å². The molecule has 0 N–H and O–H groups in total. The van der Waals surface area contributed by atoms with Crippen molar-refractivity contribution >= 4 is 63.5 Å². The minimum atomic E-state index is -1.04. The van der Waals surface area contributed by atoms with Gasteiger partial charge in [-0.15, -0.1) is 0 Å². The van der Waals surface area contributed by atoms with E-state index in [9.17, 15) is 9.59 Å². The number of carbonyl (C=O) groups excluding carboxylic acids is 2. The van der Waals surface area contributed by atoms with Crippen molar-refractivity contribution < 1.29 is 19.1 Å². The third-order valence-corrected chi connectivity index (χ3v) is 7.75. The van der Waals surface area contributed by atoms with E-state index in [0.29, 0.717) is 21.3 Å². The average Bonchev–Trinajstić information content (AvgIpc) is 3.31. The maximum absolute atomic E-state index is 12.6.